The first-order valence-electron chi connectivity index (χ1n) is 7.02. The molecule has 1 aliphatic rings. The van der Waals surface area contributed by atoms with Crippen LogP contribution in [0.4, 0.5) is 14.5 Å². The van der Waals surface area contributed by atoms with Gasteiger partial charge in [0.05, 0.1) is 11.4 Å². The molecule has 0 aliphatic carbocycles. The number of amides is 1. The molecule has 2 aromatic rings. The van der Waals surface area contributed by atoms with E-state index in [0.29, 0.717) is 24.3 Å². The van der Waals surface area contributed by atoms with Crippen LogP contribution in [0.1, 0.15) is 30.7 Å². The molecule has 22 heavy (non-hydrogen) atoms. The van der Waals surface area contributed by atoms with Crippen LogP contribution < -0.4 is 4.90 Å². The molecule has 1 amide bonds. The summed E-state index contributed by atoms with van der Waals surface area (Å²) in [5, 5.41) is 0. The molecule has 0 spiro atoms. The highest BCUT2D eigenvalue weighted by Crippen LogP contribution is 2.42. The standard InChI is InChI=1S/C17H16F2N2O/c1-16(2)10-21(11-22)14-8-13(9-20-15(14)16)17(18,19)12-6-4-3-5-7-12/h3-9,11H,10H2,1-2H3. The second-order valence-electron chi connectivity index (χ2n) is 6.15. The van der Waals surface area contributed by atoms with Crippen LogP contribution in [-0.2, 0) is 16.1 Å². The van der Waals surface area contributed by atoms with E-state index < -0.39 is 5.92 Å². The maximum Gasteiger partial charge on any atom is 0.300 e. The summed E-state index contributed by atoms with van der Waals surface area (Å²) >= 11 is 0. The zero-order valence-corrected chi connectivity index (χ0v) is 12.4. The molecule has 0 N–H and O–H groups in total. The summed E-state index contributed by atoms with van der Waals surface area (Å²) in [6, 6.07) is 8.98. The molecule has 0 fully saturated rings. The molecule has 5 heteroatoms. The largest absolute Gasteiger partial charge is 0.312 e. The molecule has 0 bridgehead atoms. The molecule has 1 aromatic carbocycles. The molecular weight excluding hydrogens is 286 g/mol. The van der Waals surface area contributed by atoms with Crippen LogP contribution >= 0.6 is 0 Å². The molecule has 0 saturated carbocycles. The van der Waals surface area contributed by atoms with Crippen molar-refractivity contribution in [2.75, 3.05) is 11.4 Å². The van der Waals surface area contributed by atoms with Gasteiger partial charge in [-0.15, -0.1) is 0 Å². The number of rotatable bonds is 3. The zero-order chi connectivity index (χ0) is 16.0. The Hall–Kier alpha value is -2.30. The summed E-state index contributed by atoms with van der Waals surface area (Å²) in [4.78, 5) is 16.9. The fourth-order valence-electron chi connectivity index (χ4n) is 2.86. The van der Waals surface area contributed by atoms with Gasteiger partial charge in [-0.25, -0.2) is 0 Å². The normalized spacial score (nSPS) is 16.5. The number of pyridine rings is 1. The van der Waals surface area contributed by atoms with Crippen molar-refractivity contribution in [3.05, 3.63) is 59.4 Å². The highest BCUT2D eigenvalue weighted by atomic mass is 19.3. The van der Waals surface area contributed by atoms with E-state index in [0.717, 1.165) is 0 Å². The molecule has 0 unspecified atom stereocenters. The average Bonchev–Trinajstić information content (AvgIpc) is 2.79. The molecule has 0 saturated heterocycles. The minimum absolute atomic E-state index is 0.0911. The highest BCUT2D eigenvalue weighted by molar-refractivity contribution is 5.80. The maximum absolute atomic E-state index is 14.6. The third-order valence-corrected chi connectivity index (χ3v) is 4.01. The van der Waals surface area contributed by atoms with Gasteiger partial charge in [-0.1, -0.05) is 44.2 Å². The van der Waals surface area contributed by atoms with Crippen molar-refractivity contribution in [1.29, 1.82) is 0 Å². The lowest BCUT2D eigenvalue weighted by Crippen LogP contribution is -2.27. The van der Waals surface area contributed by atoms with E-state index in [1.165, 1.54) is 29.3 Å². The van der Waals surface area contributed by atoms with Crippen molar-refractivity contribution in [1.82, 2.24) is 4.98 Å². The van der Waals surface area contributed by atoms with Gasteiger partial charge in [0.1, 0.15) is 0 Å². The number of carbonyl (C=O) groups is 1. The van der Waals surface area contributed by atoms with E-state index in [9.17, 15) is 13.6 Å². The molecule has 2 heterocycles. The Balaban J connectivity index is 2.10. The first-order valence-corrected chi connectivity index (χ1v) is 7.02. The minimum Gasteiger partial charge on any atom is -0.312 e. The topological polar surface area (TPSA) is 33.2 Å². The first-order chi connectivity index (χ1) is 10.4. The Kier molecular flexibility index (Phi) is 3.24. The molecule has 0 atom stereocenters. The third kappa shape index (κ3) is 2.17. The minimum atomic E-state index is -3.15. The molecule has 3 nitrogen and oxygen atoms in total. The lowest BCUT2D eigenvalue weighted by Gasteiger charge is -2.19. The SMILES string of the molecule is CC1(C)CN(C=O)c2cc(C(F)(F)c3ccccc3)cnc21. The smallest absolute Gasteiger partial charge is 0.300 e. The van der Waals surface area contributed by atoms with Gasteiger partial charge in [0.2, 0.25) is 6.41 Å². The van der Waals surface area contributed by atoms with Crippen molar-refractivity contribution < 1.29 is 13.6 Å². The number of nitrogens with zero attached hydrogens (tertiary/aromatic N) is 2. The van der Waals surface area contributed by atoms with Gasteiger partial charge in [0.15, 0.2) is 0 Å². The fraction of sp³-hybridized carbons (Fsp3) is 0.294. The molecule has 1 aromatic heterocycles. The monoisotopic (exact) mass is 302 g/mol. The number of hydrogen-bond acceptors (Lipinski definition) is 2. The van der Waals surface area contributed by atoms with E-state index in [4.69, 9.17) is 0 Å². The summed E-state index contributed by atoms with van der Waals surface area (Å²) in [6.45, 7) is 4.33. The number of fused-ring (bicyclic) bond motifs is 1. The molecule has 0 radical (unpaired) electrons. The van der Waals surface area contributed by atoms with Gasteiger partial charge >= 0.3 is 0 Å². The lowest BCUT2D eigenvalue weighted by atomic mass is 9.90. The number of carbonyl (C=O) groups excluding carboxylic acids is 1. The van der Waals surface area contributed by atoms with E-state index in [1.807, 2.05) is 13.8 Å². The van der Waals surface area contributed by atoms with Crippen LogP contribution in [0.3, 0.4) is 0 Å². The molecule has 114 valence electrons. The predicted octanol–water partition coefficient (Wildman–Crippen LogP) is 3.48. The second-order valence-corrected chi connectivity index (χ2v) is 6.15. The Morgan fingerprint density at radius 3 is 2.55 bits per heavy atom. The van der Waals surface area contributed by atoms with Gasteiger partial charge < -0.3 is 4.90 Å². The number of hydrogen-bond donors (Lipinski definition) is 0. The Morgan fingerprint density at radius 1 is 1.23 bits per heavy atom. The molecule has 1 aliphatic heterocycles. The van der Waals surface area contributed by atoms with Gasteiger partial charge in [0, 0.05) is 29.3 Å². The van der Waals surface area contributed by atoms with E-state index >= 15 is 0 Å². The predicted molar refractivity (Wildman–Crippen MR) is 80.1 cm³/mol. The van der Waals surface area contributed by atoms with Crippen molar-refractivity contribution in [2.24, 2.45) is 0 Å². The average molecular weight is 302 g/mol. The van der Waals surface area contributed by atoms with E-state index in [-0.39, 0.29) is 16.5 Å². The Labute approximate surface area is 127 Å². The summed E-state index contributed by atoms with van der Waals surface area (Å²) < 4.78 is 29.3. The summed E-state index contributed by atoms with van der Waals surface area (Å²) in [5.74, 6) is -3.15. The van der Waals surface area contributed by atoms with Crippen molar-refractivity contribution in [2.45, 2.75) is 25.2 Å². The first kappa shape index (κ1) is 14.6. The van der Waals surface area contributed by atoms with Crippen LogP contribution in [0.2, 0.25) is 0 Å². The van der Waals surface area contributed by atoms with Gasteiger partial charge in [-0.3, -0.25) is 9.78 Å². The zero-order valence-electron chi connectivity index (χ0n) is 12.4. The summed E-state index contributed by atoms with van der Waals surface area (Å²) in [5.41, 5.74) is 0.505. The quantitative estimate of drug-likeness (QED) is 0.813. The highest BCUT2D eigenvalue weighted by Gasteiger charge is 2.40. The van der Waals surface area contributed by atoms with Crippen LogP contribution in [0, 0.1) is 0 Å². The molecule has 3 rings (SSSR count). The maximum atomic E-state index is 14.6. The van der Waals surface area contributed by atoms with Crippen LogP contribution in [0.25, 0.3) is 0 Å². The number of benzene rings is 1. The fourth-order valence-corrected chi connectivity index (χ4v) is 2.86. The van der Waals surface area contributed by atoms with Crippen LogP contribution in [-0.4, -0.2) is 17.9 Å². The summed E-state index contributed by atoms with van der Waals surface area (Å²) in [6.07, 6.45) is 1.88. The third-order valence-electron chi connectivity index (χ3n) is 4.01. The van der Waals surface area contributed by atoms with E-state index in [2.05, 4.69) is 4.98 Å². The van der Waals surface area contributed by atoms with Gasteiger partial charge in [-0.2, -0.15) is 8.78 Å². The van der Waals surface area contributed by atoms with Crippen molar-refractivity contribution in [3.63, 3.8) is 0 Å². The second kappa shape index (κ2) is 4.87. The van der Waals surface area contributed by atoms with Crippen molar-refractivity contribution in [3.8, 4) is 0 Å². The van der Waals surface area contributed by atoms with Crippen LogP contribution in [0.15, 0.2) is 42.6 Å². The number of anilines is 1. The van der Waals surface area contributed by atoms with Crippen LogP contribution in [0.5, 0.6) is 0 Å². The number of alkyl halides is 2. The van der Waals surface area contributed by atoms with Gasteiger partial charge in [-0.05, 0) is 6.07 Å². The Bertz CT molecular complexity index is 714. The summed E-state index contributed by atoms with van der Waals surface area (Å²) in [7, 11) is 0. The lowest BCUT2D eigenvalue weighted by molar-refractivity contribution is -0.107. The van der Waals surface area contributed by atoms with Crippen molar-refractivity contribution >= 4 is 12.1 Å². The Morgan fingerprint density at radius 2 is 1.91 bits per heavy atom. The number of aromatic nitrogens is 1. The number of halogens is 2. The van der Waals surface area contributed by atoms with E-state index in [1.54, 1.807) is 18.2 Å². The van der Waals surface area contributed by atoms with Gasteiger partial charge in [0.25, 0.3) is 5.92 Å². The molecular formula is C17H16F2N2O.